The van der Waals surface area contributed by atoms with E-state index in [4.69, 9.17) is 0 Å². The van der Waals surface area contributed by atoms with Crippen molar-refractivity contribution < 1.29 is 64.3 Å². The minimum atomic E-state index is -3.67. The fourth-order valence-corrected chi connectivity index (χ4v) is 0. The third-order valence-electron chi connectivity index (χ3n) is 0. The zero-order valence-electron chi connectivity index (χ0n) is 4.70. The predicted molar refractivity (Wildman–Crippen MR) is 24.6 cm³/mol. The molecule has 0 fully saturated rings. The monoisotopic (exact) mass is 148 g/mol. The van der Waals surface area contributed by atoms with Gasteiger partial charge >= 0.3 is 58.9 Å². The zero-order valence-corrected chi connectivity index (χ0v) is 7.83. The Balaban J connectivity index is -0.0000000575. The molecule has 0 aliphatic rings. The summed E-state index contributed by atoms with van der Waals surface area (Å²) in [5.74, 6) is 0. The van der Waals surface area contributed by atoms with E-state index in [1.807, 2.05) is 0 Å². The van der Waals surface area contributed by atoms with Crippen molar-refractivity contribution >= 4 is 7.54 Å². The Bertz CT molecular complexity index is 38.8. The SMILES string of the molecule is C=C[CH2-].FB(F)F.[K+]. The molecule has 0 radical (unpaired) electrons. The normalized spacial score (nSPS) is 4.88. The Kier molecular flexibility index (Phi) is 31.5. The Morgan fingerprint density at radius 3 is 1.38 bits per heavy atom. The van der Waals surface area contributed by atoms with E-state index in [1.54, 1.807) is 0 Å². The molecule has 5 heteroatoms. The molecule has 0 heterocycles. The third kappa shape index (κ3) is 218. The van der Waals surface area contributed by atoms with Crippen LogP contribution >= 0.6 is 0 Å². The minimum absolute atomic E-state index is 0. The molecule has 0 saturated carbocycles. The van der Waals surface area contributed by atoms with Crippen LogP contribution in [0.1, 0.15) is 0 Å². The van der Waals surface area contributed by atoms with E-state index in [0.717, 1.165) is 0 Å². The number of hydrogen-bond donors (Lipinski definition) is 0. The van der Waals surface area contributed by atoms with E-state index in [1.165, 1.54) is 6.08 Å². The number of rotatable bonds is 0. The Morgan fingerprint density at radius 2 is 1.38 bits per heavy atom. The van der Waals surface area contributed by atoms with Crippen LogP contribution in [0.15, 0.2) is 12.7 Å². The third-order valence-corrected chi connectivity index (χ3v) is 0. The summed E-state index contributed by atoms with van der Waals surface area (Å²) < 4.78 is 29.0. The maximum absolute atomic E-state index is 9.67. The molecule has 0 N–H and O–H groups in total. The molecule has 0 aliphatic carbocycles. The number of halogens is 3. The molecule has 0 unspecified atom stereocenters. The maximum Gasteiger partial charge on any atom is 1.00 e. The van der Waals surface area contributed by atoms with Crippen LogP contribution in [0.2, 0.25) is 0 Å². The summed E-state index contributed by atoms with van der Waals surface area (Å²) in [4.78, 5) is 0. The summed E-state index contributed by atoms with van der Waals surface area (Å²) in [6, 6.07) is 0. The summed E-state index contributed by atoms with van der Waals surface area (Å²) in [7, 11) is -3.67. The summed E-state index contributed by atoms with van der Waals surface area (Å²) >= 11 is 0. The fraction of sp³-hybridized carbons (Fsp3) is 0. The van der Waals surface area contributed by atoms with Crippen LogP contribution in [0, 0.1) is 6.92 Å². The van der Waals surface area contributed by atoms with Gasteiger partial charge in [-0.25, -0.2) is 19.6 Å². The van der Waals surface area contributed by atoms with Gasteiger partial charge < -0.3 is 0 Å². The summed E-state index contributed by atoms with van der Waals surface area (Å²) in [6.45, 7) is 6.50. The molecule has 0 bridgehead atoms. The standard InChI is InChI=1S/C3H5.BF3.K/c1-3-2;2-1(3)4;/h3H,1-2H2;;/q-1;;+1. The van der Waals surface area contributed by atoms with Gasteiger partial charge in [0.2, 0.25) is 0 Å². The van der Waals surface area contributed by atoms with E-state index in [9.17, 15) is 12.9 Å². The fourth-order valence-electron chi connectivity index (χ4n) is 0. The number of hydrogen-bond acceptors (Lipinski definition) is 0. The topological polar surface area (TPSA) is 0 Å². The van der Waals surface area contributed by atoms with Crippen molar-refractivity contribution in [1.82, 2.24) is 0 Å². The Hall–Kier alpha value is 1.10. The summed E-state index contributed by atoms with van der Waals surface area (Å²) in [5.41, 5.74) is 0. The second kappa shape index (κ2) is 15.7. The molecule has 0 nitrogen and oxygen atoms in total. The van der Waals surface area contributed by atoms with Crippen LogP contribution in [-0.2, 0) is 0 Å². The van der Waals surface area contributed by atoms with E-state index < -0.39 is 7.54 Å². The van der Waals surface area contributed by atoms with Gasteiger partial charge in [-0.05, 0) is 0 Å². The van der Waals surface area contributed by atoms with Crippen molar-refractivity contribution in [2.45, 2.75) is 0 Å². The van der Waals surface area contributed by atoms with Gasteiger partial charge in [-0.1, -0.05) is 0 Å². The molecule has 8 heavy (non-hydrogen) atoms. The van der Waals surface area contributed by atoms with Crippen molar-refractivity contribution in [2.75, 3.05) is 0 Å². The maximum atomic E-state index is 9.67. The van der Waals surface area contributed by atoms with Crippen molar-refractivity contribution in [3.05, 3.63) is 19.6 Å². The predicted octanol–water partition coefficient (Wildman–Crippen LogP) is -1.11. The van der Waals surface area contributed by atoms with Crippen molar-refractivity contribution in [3.63, 3.8) is 0 Å². The number of allylic oxidation sites excluding steroid dienone is 1. The molecule has 0 aliphatic heterocycles. The zero-order chi connectivity index (χ0) is 6.28. The molecular formula is C3H5BF3K. The second-order valence-electron chi connectivity index (χ2n) is 0.536. The van der Waals surface area contributed by atoms with Crippen LogP contribution in [0.5, 0.6) is 0 Å². The van der Waals surface area contributed by atoms with Gasteiger partial charge in [0.15, 0.2) is 0 Å². The van der Waals surface area contributed by atoms with Crippen molar-refractivity contribution in [1.29, 1.82) is 0 Å². The molecule has 0 rings (SSSR count). The second-order valence-corrected chi connectivity index (χ2v) is 0.536. The first-order valence-corrected chi connectivity index (χ1v) is 1.47. The van der Waals surface area contributed by atoms with Gasteiger partial charge in [0.1, 0.15) is 0 Å². The first-order chi connectivity index (χ1) is 3.15. The molecule has 0 saturated heterocycles. The smallest absolute Gasteiger partial charge is 0.254 e. The first-order valence-electron chi connectivity index (χ1n) is 1.47. The van der Waals surface area contributed by atoms with Gasteiger partial charge in [-0.3, -0.25) is 12.9 Å². The minimum Gasteiger partial charge on any atom is -0.254 e. The molecule has 42 valence electrons. The molecule has 0 atom stereocenters. The van der Waals surface area contributed by atoms with E-state index in [2.05, 4.69) is 13.5 Å². The van der Waals surface area contributed by atoms with E-state index in [-0.39, 0.29) is 51.4 Å². The molecule has 0 spiro atoms. The van der Waals surface area contributed by atoms with Gasteiger partial charge in [0, 0.05) is 0 Å². The molecular weight excluding hydrogens is 143 g/mol. The molecule has 0 aromatic carbocycles. The Labute approximate surface area is 90.2 Å². The van der Waals surface area contributed by atoms with E-state index in [0.29, 0.717) is 0 Å². The van der Waals surface area contributed by atoms with Gasteiger partial charge in [-0.15, -0.1) is 0 Å². The van der Waals surface area contributed by atoms with Crippen LogP contribution in [-0.4, -0.2) is 7.54 Å². The van der Waals surface area contributed by atoms with Crippen LogP contribution in [0.25, 0.3) is 0 Å². The van der Waals surface area contributed by atoms with Crippen molar-refractivity contribution in [2.24, 2.45) is 0 Å². The van der Waals surface area contributed by atoms with Crippen LogP contribution < -0.4 is 51.4 Å². The van der Waals surface area contributed by atoms with Crippen LogP contribution in [0.4, 0.5) is 12.9 Å². The average Bonchev–Trinajstić information content (AvgIpc) is 1.33. The Morgan fingerprint density at radius 1 is 1.38 bits per heavy atom. The molecule has 0 amide bonds. The largest absolute Gasteiger partial charge is 1.00 e. The average molecular weight is 148 g/mol. The van der Waals surface area contributed by atoms with Gasteiger partial charge in [-0.2, -0.15) is 0 Å². The molecule has 0 aromatic rings. The summed E-state index contributed by atoms with van der Waals surface area (Å²) in [5, 5.41) is 0. The van der Waals surface area contributed by atoms with Crippen molar-refractivity contribution in [3.8, 4) is 0 Å². The van der Waals surface area contributed by atoms with Crippen LogP contribution in [0.3, 0.4) is 0 Å². The first kappa shape index (κ1) is 16.0. The summed E-state index contributed by atoms with van der Waals surface area (Å²) in [6.07, 6.45) is 1.50. The molecule has 0 aromatic heterocycles. The van der Waals surface area contributed by atoms with Gasteiger partial charge in [0.25, 0.3) is 0 Å². The van der Waals surface area contributed by atoms with E-state index >= 15 is 0 Å². The quantitative estimate of drug-likeness (QED) is 0.302. The van der Waals surface area contributed by atoms with Gasteiger partial charge in [0.05, 0.1) is 0 Å².